The van der Waals surface area contributed by atoms with Gasteiger partial charge in [0.2, 0.25) is 0 Å². The highest BCUT2D eigenvalue weighted by Crippen LogP contribution is 2.28. The van der Waals surface area contributed by atoms with E-state index in [1.54, 1.807) is 19.2 Å². The summed E-state index contributed by atoms with van der Waals surface area (Å²) < 4.78 is 24.6. The van der Waals surface area contributed by atoms with Gasteiger partial charge in [-0.25, -0.2) is 4.39 Å². The van der Waals surface area contributed by atoms with Crippen molar-refractivity contribution >= 4 is 0 Å². The van der Waals surface area contributed by atoms with Gasteiger partial charge in [-0.2, -0.15) is 0 Å². The molecule has 0 radical (unpaired) electrons. The largest absolute Gasteiger partial charge is 0.494 e. The van der Waals surface area contributed by atoms with Crippen molar-refractivity contribution in [2.24, 2.45) is 0 Å². The first-order chi connectivity index (χ1) is 10.1. The molecular formula is C17H28FNO2. The molecule has 3 nitrogen and oxygen atoms in total. The summed E-state index contributed by atoms with van der Waals surface area (Å²) in [5.74, 6) is -0.0380. The van der Waals surface area contributed by atoms with Crippen LogP contribution in [0.15, 0.2) is 18.2 Å². The Balaban J connectivity index is 2.99. The summed E-state index contributed by atoms with van der Waals surface area (Å²) in [6.07, 6.45) is 2.55. The highest BCUT2D eigenvalue weighted by Gasteiger charge is 2.35. The molecule has 1 atom stereocenters. The van der Waals surface area contributed by atoms with Crippen LogP contribution in [0.3, 0.4) is 0 Å². The van der Waals surface area contributed by atoms with Crippen LogP contribution in [-0.2, 0) is 11.2 Å². The number of hydrogen-bond acceptors (Lipinski definition) is 3. The lowest BCUT2D eigenvalue weighted by atomic mass is 9.84. The highest BCUT2D eigenvalue weighted by molar-refractivity contribution is 5.30. The van der Waals surface area contributed by atoms with Gasteiger partial charge in [0.05, 0.1) is 12.7 Å². The topological polar surface area (TPSA) is 30.5 Å². The van der Waals surface area contributed by atoms with Crippen molar-refractivity contribution in [3.05, 3.63) is 29.6 Å². The molecule has 0 aromatic heterocycles. The number of halogens is 1. The lowest BCUT2D eigenvalue weighted by Gasteiger charge is -2.39. The smallest absolute Gasteiger partial charge is 0.165 e. The highest BCUT2D eigenvalue weighted by atomic mass is 19.1. The molecule has 21 heavy (non-hydrogen) atoms. The molecular weight excluding hydrogens is 269 g/mol. The number of ether oxygens (including phenoxy) is 2. The fraction of sp³-hybridized carbons (Fsp3) is 0.647. The minimum atomic E-state index is -0.318. The van der Waals surface area contributed by atoms with Crippen molar-refractivity contribution in [3.63, 3.8) is 0 Å². The van der Waals surface area contributed by atoms with Gasteiger partial charge in [0, 0.05) is 13.2 Å². The lowest BCUT2D eigenvalue weighted by molar-refractivity contribution is -0.0468. The van der Waals surface area contributed by atoms with Gasteiger partial charge in [0.15, 0.2) is 11.6 Å². The van der Waals surface area contributed by atoms with E-state index in [0.717, 1.165) is 31.4 Å². The third-order valence-electron chi connectivity index (χ3n) is 4.35. The van der Waals surface area contributed by atoms with E-state index >= 15 is 0 Å². The van der Waals surface area contributed by atoms with E-state index in [9.17, 15) is 4.39 Å². The quantitative estimate of drug-likeness (QED) is 0.756. The van der Waals surface area contributed by atoms with Crippen molar-refractivity contribution in [1.82, 2.24) is 5.32 Å². The molecule has 4 heteroatoms. The SMILES string of the molecule is CCNC(Cc1ccc(OC)c(F)c1)C(CC)(CC)OC. The van der Waals surface area contributed by atoms with Crippen LogP contribution < -0.4 is 10.1 Å². The molecule has 0 amide bonds. The van der Waals surface area contributed by atoms with Crippen LogP contribution in [0.2, 0.25) is 0 Å². The van der Waals surface area contributed by atoms with Gasteiger partial charge in [0.25, 0.3) is 0 Å². The molecule has 1 aromatic carbocycles. The molecule has 1 N–H and O–H groups in total. The average molecular weight is 297 g/mol. The summed E-state index contributed by atoms with van der Waals surface area (Å²) >= 11 is 0. The second kappa shape index (κ2) is 8.35. The van der Waals surface area contributed by atoms with Crippen LogP contribution in [0.1, 0.15) is 39.2 Å². The van der Waals surface area contributed by atoms with Crippen molar-refractivity contribution in [3.8, 4) is 5.75 Å². The number of hydrogen-bond donors (Lipinski definition) is 1. The van der Waals surface area contributed by atoms with Gasteiger partial charge in [-0.3, -0.25) is 0 Å². The van der Waals surface area contributed by atoms with Crippen LogP contribution in [-0.4, -0.2) is 32.4 Å². The summed E-state index contributed by atoms with van der Waals surface area (Å²) in [5.41, 5.74) is 0.717. The van der Waals surface area contributed by atoms with Gasteiger partial charge in [-0.1, -0.05) is 26.8 Å². The predicted octanol–water partition coefficient (Wildman–Crippen LogP) is 3.56. The predicted molar refractivity (Wildman–Crippen MR) is 84.4 cm³/mol. The normalized spacial score (nSPS) is 13.2. The van der Waals surface area contributed by atoms with Crippen LogP contribution in [0, 0.1) is 5.82 Å². The molecule has 1 rings (SSSR count). The summed E-state index contributed by atoms with van der Waals surface area (Å²) in [5, 5.41) is 3.49. The van der Waals surface area contributed by atoms with E-state index in [0.29, 0.717) is 0 Å². The van der Waals surface area contributed by atoms with E-state index in [1.165, 1.54) is 7.11 Å². The summed E-state index contributed by atoms with van der Waals surface area (Å²) in [6, 6.07) is 5.29. The molecule has 0 aliphatic carbocycles. The molecule has 120 valence electrons. The van der Waals surface area contributed by atoms with Crippen molar-refractivity contribution in [2.45, 2.75) is 51.7 Å². The maximum absolute atomic E-state index is 13.9. The Labute approximate surface area is 127 Å². The first-order valence-electron chi connectivity index (χ1n) is 7.67. The summed E-state index contributed by atoms with van der Waals surface area (Å²) in [6.45, 7) is 7.19. The summed E-state index contributed by atoms with van der Waals surface area (Å²) in [7, 11) is 3.23. The molecule has 0 aliphatic heterocycles. The number of likely N-dealkylation sites (N-methyl/N-ethyl adjacent to an activating group) is 1. The Morgan fingerprint density at radius 1 is 1.19 bits per heavy atom. The fourth-order valence-electron chi connectivity index (χ4n) is 2.94. The summed E-state index contributed by atoms with van der Waals surface area (Å²) in [4.78, 5) is 0. The van der Waals surface area contributed by atoms with Crippen molar-refractivity contribution in [1.29, 1.82) is 0 Å². The van der Waals surface area contributed by atoms with Gasteiger partial charge >= 0.3 is 0 Å². The molecule has 0 saturated heterocycles. The van der Waals surface area contributed by atoms with E-state index < -0.39 is 0 Å². The van der Waals surface area contributed by atoms with E-state index in [4.69, 9.17) is 9.47 Å². The third-order valence-corrected chi connectivity index (χ3v) is 4.35. The lowest BCUT2D eigenvalue weighted by Crippen LogP contribution is -2.52. The van der Waals surface area contributed by atoms with E-state index in [1.807, 2.05) is 6.07 Å². The standard InChI is InChI=1S/C17H28FNO2/c1-6-17(7-2,21-5)16(19-8-3)12-13-9-10-15(20-4)14(18)11-13/h9-11,16,19H,6-8,12H2,1-5H3. The maximum atomic E-state index is 13.9. The Hall–Kier alpha value is -1.13. The van der Waals surface area contributed by atoms with Gasteiger partial charge in [-0.05, 0) is 43.5 Å². The first-order valence-corrected chi connectivity index (χ1v) is 7.67. The van der Waals surface area contributed by atoms with Gasteiger partial charge in [-0.15, -0.1) is 0 Å². The Morgan fingerprint density at radius 3 is 2.29 bits per heavy atom. The first kappa shape index (κ1) is 17.9. The number of rotatable bonds is 9. The van der Waals surface area contributed by atoms with Crippen LogP contribution in [0.5, 0.6) is 5.75 Å². The van der Waals surface area contributed by atoms with Crippen LogP contribution >= 0.6 is 0 Å². The molecule has 0 bridgehead atoms. The molecule has 0 spiro atoms. The minimum absolute atomic E-state index is 0.148. The van der Waals surface area contributed by atoms with Crippen molar-refractivity contribution < 1.29 is 13.9 Å². The zero-order valence-electron chi connectivity index (χ0n) is 13.8. The molecule has 1 unspecified atom stereocenters. The third kappa shape index (κ3) is 4.17. The zero-order chi connectivity index (χ0) is 15.9. The second-order valence-corrected chi connectivity index (χ2v) is 5.26. The van der Waals surface area contributed by atoms with Crippen molar-refractivity contribution in [2.75, 3.05) is 20.8 Å². The Kier molecular flexibility index (Phi) is 7.12. The van der Waals surface area contributed by atoms with E-state index in [2.05, 4.69) is 26.1 Å². The molecule has 1 aromatic rings. The van der Waals surface area contributed by atoms with E-state index in [-0.39, 0.29) is 23.2 Å². The minimum Gasteiger partial charge on any atom is -0.494 e. The second-order valence-electron chi connectivity index (χ2n) is 5.26. The number of benzene rings is 1. The van der Waals surface area contributed by atoms with Gasteiger partial charge < -0.3 is 14.8 Å². The molecule has 0 saturated carbocycles. The fourth-order valence-corrected chi connectivity index (χ4v) is 2.94. The van der Waals surface area contributed by atoms with Gasteiger partial charge in [0.1, 0.15) is 0 Å². The average Bonchev–Trinajstić information content (AvgIpc) is 2.50. The Morgan fingerprint density at radius 2 is 1.86 bits per heavy atom. The van der Waals surface area contributed by atoms with Crippen LogP contribution in [0.25, 0.3) is 0 Å². The number of nitrogens with one attached hydrogen (secondary N) is 1. The Bertz CT molecular complexity index is 425. The molecule has 0 heterocycles. The monoisotopic (exact) mass is 297 g/mol. The maximum Gasteiger partial charge on any atom is 0.165 e. The molecule has 0 aliphatic rings. The zero-order valence-corrected chi connectivity index (χ0v) is 13.8. The molecule has 0 fully saturated rings. The number of methoxy groups -OCH3 is 2. The van der Waals surface area contributed by atoms with Crippen LogP contribution in [0.4, 0.5) is 4.39 Å².